The van der Waals surface area contributed by atoms with Gasteiger partial charge >= 0.3 is 0 Å². The van der Waals surface area contributed by atoms with Gasteiger partial charge in [-0.1, -0.05) is 42.5 Å². The summed E-state index contributed by atoms with van der Waals surface area (Å²) in [5.74, 6) is 0.142. The molecule has 2 aromatic carbocycles. The molecule has 4 rings (SSSR count). The normalized spacial score (nSPS) is 16.3. The second-order valence-electron chi connectivity index (χ2n) is 6.55. The lowest BCUT2D eigenvalue weighted by Gasteiger charge is -2.20. The Hall–Kier alpha value is -2.46. The summed E-state index contributed by atoms with van der Waals surface area (Å²) in [6.45, 7) is 2.03. The number of carbonyl (C=O) groups is 1. The number of thiazole rings is 1. The van der Waals surface area contributed by atoms with E-state index >= 15 is 0 Å². The molecule has 0 radical (unpaired) electrons. The molecule has 4 heteroatoms. The van der Waals surface area contributed by atoms with Crippen LogP contribution >= 0.6 is 11.3 Å². The number of nitrogens with one attached hydrogen (secondary N) is 1. The monoisotopic (exact) mass is 348 g/mol. The first kappa shape index (κ1) is 16.0. The number of aromatic nitrogens is 1. The van der Waals surface area contributed by atoms with Gasteiger partial charge in [0.05, 0.1) is 5.69 Å². The van der Waals surface area contributed by atoms with Gasteiger partial charge in [-0.2, -0.15) is 0 Å². The van der Waals surface area contributed by atoms with Gasteiger partial charge in [0, 0.05) is 22.0 Å². The quantitative estimate of drug-likeness (QED) is 0.734. The highest BCUT2D eigenvalue weighted by Gasteiger charge is 2.27. The van der Waals surface area contributed by atoms with Crippen LogP contribution in [0.3, 0.4) is 0 Å². The largest absolute Gasteiger partial charge is 0.326 e. The van der Waals surface area contributed by atoms with Gasteiger partial charge in [0.25, 0.3) is 0 Å². The number of rotatable bonds is 3. The Balaban J connectivity index is 1.49. The van der Waals surface area contributed by atoms with Crippen molar-refractivity contribution in [3.05, 3.63) is 70.7 Å². The summed E-state index contributed by atoms with van der Waals surface area (Å²) in [5.41, 5.74) is 4.36. The van der Waals surface area contributed by atoms with Gasteiger partial charge < -0.3 is 5.32 Å². The smallest absolute Gasteiger partial charge is 0.227 e. The molecule has 0 spiro atoms. The van der Waals surface area contributed by atoms with Crippen LogP contribution in [0.25, 0.3) is 10.6 Å². The van der Waals surface area contributed by atoms with Gasteiger partial charge in [-0.05, 0) is 43.9 Å². The molecule has 1 atom stereocenters. The molecule has 1 amide bonds. The van der Waals surface area contributed by atoms with Gasteiger partial charge in [-0.3, -0.25) is 4.79 Å². The summed E-state index contributed by atoms with van der Waals surface area (Å²) in [6.07, 6.45) is 2.53. The Labute approximate surface area is 151 Å². The van der Waals surface area contributed by atoms with Gasteiger partial charge in [-0.15, -0.1) is 11.3 Å². The van der Waals surface area contributed by atoms with Crippen molar-refractivity contribution in [2.24, 2.45) is 5.92 Å². The van der Waals surface area contributed by atoms with E-state index in [1.54, 1.807) is 11.3 Å². The summed E-state index contributed by atoms with van der Waals surface area (Å²) in [5, 5.41) is 4.13. The first-order chi connectivity index (χ1) is 12.2. The van der Waals surface area contributed by atoms with Crippen molar-refractivity contribution in [1.82, 2.24) is 4.98 Å². The van der Waals surface area contributed by atoms with E-state index in [-0.39, 0.29) is 11.8 Å². The number of amides is 1. The van der Waals surface area contributed by atoms with Crippen LogP contribution in [-0.2, 0) is 17.6 Å². The van der Waals surface area contributed by atoms with Crippen molar-refractivity contribution in [2.75, 3.05) is 5.32 Å². The van der Waals surface area contributed by atoms with E-state index < -0.39 is 0 Å². The second kappa shape index (κ2) is 6.81. The van der Waals surface area contributed by atoms with E-state index in [0.717, 1.165) is 41.1 Å². The number of fused-ring (bicyclic) bond motifs is 1. The lowest BCUT2D eigenvalue weighted by molar-refractivity contribution is -0.120. The van der Waals surface area contributed by atoms with Crippen LogP contribution in [0, 0.1) is 12.8 Å². The molecule has 0 fully saturated rings. The average molecular weight is 348 g/mol. The third-order valence-electron chi connectivity index (χ3n) is 4.62. The summed E-state index contributed by atoms with van der Waals surface area (Å²) in [7, 11) is 0. The molecular formula is C21H20N2OS. The molecule has 25 heavy (non-hydrogen) atoms. The maximum Gasteiger partial charge on any atom is 0.227 e. The molecule has 0 bridgehead atoms. The summed E-state index contributed by atoms with van der Waals surface area (Å²) in [6, 6.07) is 18.2. The molecule has 3 aromatic rings. The maximum atomic E-state index is 12.6. The van der Waals surface area contributed by atoms with Crippen LogP contribution in [0.1, 0.15) is 22.6 Å². The minimum atomic E-state index is 0.0251. The standard InChI is InChI=1S/C21H20N2OS/c1-14-6-5-9-17(12-14)22-20(24)16-10-11-18-19(13-16)25-21(23-18)15-7-3-2-4-8-15/h2-9,12,16H,10-11,13H2,1H3,(H,22,24). The number of anilines is 1. The van der Waals surface area contributed by atoms with E-state index in [1.807, 2.05) is 49.4 Å². The van der Waals surface area contributed by atoms with Crippen molar-refractivity contribution in [3.63, 3.8) is 0 Å². The van der Waals surface area contributed by atoms with E-state index in [0.29, 0.717) is 0 Å². The van der Waals surface area contributed by atoms with E-state index in [2.05, 4.69) is 17.4 Å². The number of aryl methyl sites for hydroxylation is 2. The lowest BCUT2D eigenvalue weighted by atomic mass is 9.90. The van der Waals surface area contributed by atoms with E-state index in [9.17, 15) is 4.79 Å². The lowest BCUT2D eigenvalue weighted by Crippen LogP contribution is -2.27. The highest BCUT2D eigenvalue weighted by atomic mass is 32.1. The van der Waals surface area contributed by atoms with Crippen molar-refractivity contribution in [3.8, 4) is 10.6 Å². The average Bonchev–Trinajstić information content (AvgIpc) is 3.06. The molecule has 1 aliphatic rings. The minimum Gasteiger partial charge on any atom is -0.326 e. The number of carbonyl (C=O) groups excluding carboxylic acids is 1. The number of benzene rings is 2. The third-order valence-corrected chi connectivity index (χ3v) is 5.79. The Morgan fingerprint density at radius 3 is 2.80 bits per heavy atom. The number of hydrogen-bond donors (Lipinski definition) is 1. The molecule has 126 valence electrons. The topological polar surface area (TPSA) is 42.0 Å². The fraction of sp³-hybridized carbons (Fsp3) is 0.238. The number of hydrogen-bond acceptors (Lipinski definition) is 3. The van der Waals surface area contributed by atoms with Crippen LogP contribution in [-0.4, -0.2) is 10.9 Å². The molecule has 1 N–H and O–H groups in total. The molecule has 1 unspecified atom stereocenters. The zero-order valence-corrected chi connectivity index (χ0v) is 15.0. The fourth-order valence-electron chi connectivity index (χ4n) is 3.27. The van der Waals surface area contributed by atoms with Crippen LogP contribution in [0.5, 0.6) is 0 Å². The fourth-order valence-corrected chi connectivity index (χ4v) is 4.46. The molecule has 1 heterocycles. The zero-order valence-electron chi connectivity index (χ0n) is 14.2. The summed E-state index contributed by atoms with van der Waals surface area (Å²) in [4.78, 5) is 18.7. The maximum absolute atomic E-state index is 12.6. The molecule has 3 nitrogen and oxygen atoms in total. The van der Waals surface area contributed by atoms with Crippen LogP contribution < -0.4 is 5.32 Å². The Bertz CT molecular complexity index is 901. The van der Waals surface area contributed by atoms with Crippen molar-refractivity contribution in [2.45, 2.75) is 26.2 Å². The predicted molar refractivity (Wildman–Crippen MR) is 103 cm³/mol. The highest BCUT2D eigenvalue weighted by molar-refractivity contribution is 7.15. The van der Waals surface area contributed by atoms with Crippen molar-refractivity contribution in [1.29, 1.82) is 0 Å². The SMILES string of the molecule is Cc1cccc(NC(=O)C2CCc3nc(-c4ccccc4)sc3C2)c1. The van der Waals surface area contributed by atoms with Gasteiger partial charge in [0.2, 0.25) is 5.91 Å². The molecule has 0 saturated heterocycles. The Morgan fingerprint density at radius 1 is 1.16 bits per heavy atom. The molecule has 1 aromatic heterocycles. The van der Waals surface area contributed by atoms with Gasteiger partial charge in [-0.25, -0.2) is 4.98 Å². The molecule has 0 aliphatic heterocycles. The Morgan fingerprint density at radius 2 is 2.00 bits per heavy atom. The van der Waals surface area contributed by atoms with E-state index in [1.165, 1.54) is 10.6 Å². The predicted octanol–water partition coefficient (Wildman–Crippen LogP) is 4.86. The first-order valence-electron chi connectivity index (χ1n) is 8.60. The van der Waals surface area contributed by atoms with Crippen LogP contribution in [0.2, 0.25) is 0 Å². The number of nitrogens with zero attached hydrogens (tertiary/aromatic N) is 1. The van der Waals surface area contributed by atoms with Crippen molar-refractivity contribution >= 4 is 22.9 Å². The Kier molecular flexibility index (Phi) is 4.36. The molecular weight excluding hydrogens is 328 g/mol. The minimum absolute atomic E-state index is 0.0251. The van der Waals surface area contributed by atoms with Gasteiger partial charge in [0.15, 0.2) is 0 Å². The van der Waals surface area contributed by atoms with Crippen LogP contribution in [0.15, 0.2) is 54.6 Å². The summed E-state index contributed by atoms with van der Waals surface area (Å²) >= 11 is 1.73. The van der Waals surface area contributed by atoms with Gasteiger partial charge in [0.1, 0.15) is 5.01 Å². The third kappa shape index (κ3) is 3.49. The molecule has 1 aliphatic carbocycles. The zero-order chi connectivity index (χ0) is 17.2. The van der Waals surface area contributed by atoms with Crippen LogP contribution in [0.4, 0.5) is 5.69 Å². The second-order valence-corrected chi connectivity index (χ2v) is 7.64. The molecule has 0 saturated carbocycles. The summed E-state index contributed by atoms with van der Waals surface area (Å²) < 4.78 is 0. The highest BCUT2D eigenvalue weighted by Crippen LogP contribution is 2.35. The van der Waals surface area contributed by atoms with E-state index in [4.69, 9.17) is 4.98 Å². The first-order valence-corrected chi connectivity index (χ1v) is 9.42. The van der Waals surface area contributed by atoms with Crippen molar-refractivity contribution < 1.29 is 4.79 Å².